The molecule has 0 saturated carbocycles. The number of ether oxygens (including phenoxy) is 1. The molecule has 0 saturated heterocycles. The van der Waals surface area contributed by atoms with Crippen LogP contribution in [0.1, 0.15) is 15.9 Å². The summed E-state index contributed by atoms with van der Waals surface area (Å²) in [5.41, 5.74) is 2.11. The number of carbonyl (C=O) groups is 1. The third-order valence-electron chi connectivity index (χ3n) is 3.77. The zero-order chi connectivity index (χ0) is 18.4. The van der Waals surface area contributed by atoms with Crippen LogP contribution in [0.25, 0.3) is 0 Å². The SMILES string of the molecule is COc1cccc(NC(=O)c2ccc(NCc3ccccc3Cl)nc2)c1. The van der Waals surface area contributed by atoms with Crippen molar-refractivity contribution >= 4 is 29.0 Å². The number of rotatable bonds is 6. The highest BCUT2D eigenvalue weighted by molar-refractivity contribution is 6.31. The molecule has 0 aliphatic carbocycles. The van der Waals surface area contributed by atoms with E-state index in [-0.39, 0.29) is 5.91 Å². The predicted octanol–water partition coefficient (Wildman–Crippen LogP) is 4.61. The molecule has 1 amide bonds. The highest BCUT2D eigenvalue weighted by Crippen LogP contribution is 2.18. The van der Waals surface area contributed by atoms with Crippen molar-refractivity contribution in [3.63, 3.8) is 0 Å². The fourth-order valence-electron chi connectivity index (χ4n) is 2.36. The number of amides is 1. The highest BCUT2D eigenvalue weighted by atomic mass is 35.5. The molecule has 0 aliphatic heterocycles. The van der Waals surface area contributed by atoms with Crippen LogP contribution < -0.4 is 15.4 Å². The Hall–Kier alpha value is -3.05. The number of methoxy groups -OCH3 is 1. The Bertz CT molecular complexity index is 898. The zero-order valence-electron chi connectivity index (χ0n) is 14.2. The van der Waals surface area contributed by atoms with Crippen molar-refractivity contribution in [2.24, 2.45) is 0 Å². The average molecular weight is 368 g/mol. The van der Waals surface area contributed by atoms with Crippen molar-refractivity contribution in [2.75, 3.05) is 17.7 Å². The summed E-state index contributed by atoms with van der Waals surface area (Å²) in [6, 6.07) is 18.3. The summed E-state index contributed by atoms with van der Waals surface area (Å²) in [6.07, 6.45) is 1.53. The summed E-state index contributed by atoms with van der Waals surface area (Å²) in [6.45, 7) is 0.558. The van der Waals surface area contributed by atoms with Crippen molar-refractivity contribution in [3.05, 3.63) is 83.0 Å². The molecule has 132 valence electrons. The second-order valence-electron chi connectivity index (χ2n) is 5.56. The molecule has 0 aliphatic rings. The van der Waals surface area contributed by atoms with Gasteiger partial charge in [-0.1, -0.05) is 35.9 Å². The number of anilines is 2. The number of hydrogen-bond donors (Lipinski definition) is 2. The number of halogens is 1. The van der Waals surface area contributed by atoms with Gasteiger partial charge in [0, 0.05) is 29.5 Å². The smallest absolute Gasteiger partial charge is 0.257 e. The van der Waals surface area contributed by atoms with Gasteiger partial charge in [0.1, 0.15) is 11.6 Å². The molecule has 0 spiro atoms. The summed E-state index contributed by atoms with van der Waals surface area (Å²) in [5, 5.41) is 6.71. The monoisotopic (exact) mass is 367 g/mol. The van der Waals surface area contributed by atoms with Crippen LogP contribution in [0.4, 0.5) is 11.5 Å². The molecule has 6 heteroatoms. The van der Waals surface area contributed by atoms with Gasteiger partial charge < -0.3 is 15.4 Å². The van der Waals surface area contributed by atoms with Gasteiger partial charge in [0.05, 0.1) is 12.7 Å². The number of benzene rings is 2. The van der Waals surface area contributed by atoms with Gasteiger partial charge in [0.25, 0.3) is 5.91 Å². The molecule has 1 heterocycles. The second kappa shape index (κ2) is 8.36. The molecular formula is C20H18ClN3O2. The topological polar surface area (TPSA) is 63.2 Å². The third-order valence-corrected chi connectivity index (χ3v) is 4.14. The molecule has 0 bridgehead atoms. The first-order valence-electron chi connectivity index (χ1n) is 8.04. The van der Waals surface area contributed by atoms with Gasteiger partial charge in [-0.3, -0.25) is 4.79 Å². The number of hydrogen-bond acceptors (Lipinski definition) is 4. The lowest BCUT2D eigenvalue weighted by Crippen LogP contribution is -2.12. The second-order valence-corrected chi connectivity index (χ2v) is 5.97. The van der Waals surface area contributed by atoms with E-state index in [9.17, 15) is 4.79 Å². The van der Waals surface area contributed by atoms with E-state index in [1.54, 1.807) is 31.4 Å². The quantitative estimate of drug-likeness (QED) is 0.668. The predicted molar refractivity (Wildman–Crippen MR) is 104 cm³/mol. The van der Waals surface area contributed by atoms with Crippen LogP contribution in [0.2, 0.25) is 5.02 Å². The van der Waals surface area contributed by atoms with Crippen LogP contribution in [0.15, 0.2) is 66.9 Å². The molecule has 3 rings (SSSR count). The zero-order valence-corrected chi connectivity index (χ0v) is 15.0. The fraction of sp³-hybridized carbons (Fsp3) is 0.100. The molecular weight excluding hydrogens is 350 g/mol. The molecule has 5 nitrogen and oxygen atoms in total. The van der Waals surface area contributed by atoms with Gasteiger partial charge in [-0.15, -0.1) is 0 Å². The number of carbonyl (C=O) groups excluding carboxylic acids is 1. The van der Waals surface area contributed by atoms with Crippen LogP contribution in [-0.2, 0) is 6.54 Å². The molecule has 0 fully saturated rings. The minimum absolute atomic E-state index is 0.233. The van der Waals surface area contributed by atoms with E-state index in [1.165, 1.54) is 6.20 Å². The number of nitrogens with zero attached hydrogens (tertiary/aromatic N) is 1. The Morgan fingerprint density at radius 2 is 1.96 bits per heavy atom. The molecule has 0 radical (unpaired) electrons. The van der Waals surface area contributed by atoms with Gasteiger partial charge in [-0.25, -0.2) is 4.98 Å². The third kappa shape index (κ3) is 4.52. The van der Waals surface area contributed by atoms with E-state index in [0.717, 1.165) is 5.56 Å². The van der Waals surface area contributed by atoms with E-state index in [0.29, 0.717) is 34.4 Å². The fourth-order valence-corrected chi connectivity index (χ4v) is 2.57. The van der Waals surface area contributed by atoms with Gasteiger partial charge in [-0.05, 0) is 35.9 Å². The minimum Gasteiger partial charge on any atom is -0.497 e. The van der Waals surface area contributed by atoms with Crippen LogP contribution in [0.5, 0.6) is 5.75 Å². The Labute approximate surface area is 157 Å². The van der Waals surface area contributed by atoms with Crippen molar-refractivity contribution in [1.29, 1.82) is 0 Å². The summed E-state index contributed by atoms with van der Waals surface area (Å²) < 4.78 is 5.15. The first-order valence-corrected chi connectivity index (χ1v) is 8.42. The lowest BCUT2D eigenvalue weighted by molar-refractivity contribution is 0.102. The average Bonchev–Trinajstić information content (AvgIpc) is 2.68. The summed E-state index contributed by atoms with van der Waals surface area (Å²) in [7, 11) is 1.58. The lowest BCUT2D eigenvalue weighted by atomic mass is 10.2. The normalized spacial score (nSPS) is 10.2. The van der Waals surface area contributed by atoms with Crippen molar-refractivity contribution in [1.82, 2.24) is 4.98 Å². The molecule has 0 unspecified atom stereocenters. The summed E-state index contributed by atoms with van der Waals surface area (Å²) in [4.78, 5) is 16.6. The molecule has 1 aromatic heterocycles. The number of aromatic nitrogens is 1. The van der Waals surface area contributed by atoms with E-state index in [4.69, 9.17) is 16.3 Å². The van der Waals surface area contributed by atoms with E-state index in [1.807, 2.05) is 36.4 Å². The Morgan fingerprint density at radius 3 is 2.69 bits per heavy atom. The highest BCUT2D eigenvalue weighted by Gasteiger charge is 2.08. The van der Waals surface area contributed by atoms with E-state index < -0.39 is 0 Å². The van der Waals surface area contributed by atoms with Gasteiger partial charge in [0.2, 0.25) is 0 Å². The van der Waals surface area contributed by atoms with Gasteiger partial charge in [-0.2, -0.15) is 0 Å². The minimum atomic E-state index is -0.233. The maximum atomic E-state index is 12.3. The first kappa shape index (κ1) is 17.8. The molecule has 2 aromatic carbocycles. The first-order chi connectivity index (χ1) is 12.7. The largest absolute Gasteiger partial charge is 0.497 e. The van der Waals surface area contributed by atoms with E-state index >= 15 is 0 Å². The van der Waals surface area contributed by atoms with Gasteiger partial charge in [0.15, 0.2) is 0 Å². The van der Waals surface area contributed by atoms with Gasteiger partial charge >= 0.3 is 0 Å². The molecule has 3 aromatic rings. The summed E-state index contributed by atoms with van der Waals surface area (Å²) >= 11 is 6.13. The molecule has 0 atom stereocenters. The standard InChI is InChI=1S/C20H18ClN3O2/c1-26-17-7-4-6-16(11-17)24-20(25)15-9-10-19(23-13-15)22-12-14-5-2-3-8-18(14)21/h2-11,13H,12H2,1H3,(H,22,23)(H,24,25). The Morgan fingerprint density at radius 1 is 1.12 bits per heavy atom. The molecule has 26 heavy (non-hydrogen) atoms. The van der Waals surface area contributed by atoms with Crippen LogP contribution in [0, 0.1) is 0 Å². The van der Waals surface area contributed by atoms with Crippen LogP contribution in [-0.4, -0.2) is 18.0 Å². The Kier molecular flexibility index (Phi) is 5.71. The lowest BCUT2D eigenvalue weighted by Gasteiger charge is -2.09. The Balaban J connectivity index is 1.61. The van der Waals surface area contributed by atoms with Crippen molar-refractivity contribution in [3.8, 4) is 5.75 Å². The molecule has 2 N–H and O–H groups in total. The number of nitrogens with one attached hydrogen (secondary N) is 2. The van der Waals surface area contributed by atoms with Crippen molar-refractivity contribution < 1.29 is 9.53 Å². The summed E-state index contributed by atoms with van der Waals surface area (Å²) in [5.74, 6) is 1.12. The van der Waals surface area contributed by atoms with Crippen molar-refractivity contribution in [2.45, 2.75) is 6.54 Å². The van der Waals surface area contributed by atoms with E-state index in [2.05, 4.69) is 15.6 Å². The maximum Gasteiger partial charge on any atom is 0.257 e. The van der Waals surface area contributed by atoms with Crippen LogP contribution in [0.3, 0.4) is 0 Å². The van der Waals surface area contributed by atoms with Crippen LogP contribution >= 0.6 is 11.6 Å². The maximum absolute atomic E-state index is 12.3. The number of pyridine rings is 1.